The van der Waals surface area contributed by atoms with Gasteiger partial charge in [0.25, 0.3) is 5.56 Å². The SMILES string of the molecule is Cc1cc(=O)[nH]c(-c2cn(C)nc2C)n1. The summed E-state index contributed by atoms with van der Waals surface area (Å²) in [5.41, 5.74) is 2.28. The van der Waals surface area contributed by atoms with Gasteiger partial charge in [-0.15, -0.1) is 0 Å². The van der Waals surface area contributed by atoms with E-state index in [1.807, 2.05) is 20.2 Å². The Morgan fingerprint density at radius 2 is 2.13 bits per heavy atom. The van der Waals surface area contributed by atoms with E-state index < -0.39 is 0 Å². The summed E-state index contributed by atoms with van der Waals surface area (Å²) in [6.45, 7) is 3.68. The molecular formula is C10H12N4O. The largest absolute Gasteiger partial charge is 0.306 e. The average Bonchev–Trinajstić information content (AvgIpc) is 2.43. The van der Waals surface area contributed by atoms with Gasteiger partial charge in [0.1, 0.15) is 5.82 Å². The first-order chi connectivity index (χ1) is 7.06. The Balaban J connectivity index is 2.63. The molecule has 0 radical (unpaired) electrons. The Kier molecular flexibility index (Phi) is 2.15. The Morgan fingerprint density at radius 3 is 2.67 bits per heavy atom. The second-order valence-corrected chi connectivity index (χ2v) is 3.54. The van der Waals surface area contributed by atoms with Crippen molar-refractivity contribution in [1.82, 2.24) is 19.7 Å². The van der Waals surface area contributed by atoms with Crippen LogP contribution in [0.15, 0.2) is 17.1 Å². The predicted molar refractivity (Wildman–Crippen MR) is 56.5 cm³/mol. The highest BCUT2D eigenvalue weighted by molar-refractivity contribution is 5.56. The molecular weight excluding hydrogens is 192 g/mol. The zero-order valence-electron chi connectivity index (χ0n) is 8.90. The van der Waals surface area contributed by atoms with Gasteiger partial charge in [-0.25, -0.2) is 4.98 Å². The van der Waals surface area contributed by atoms with E-state index in [1.54, 1.807) is 11.6 Å². The van der Waals surface area contributed by atoms with E-state index in [9.17, 15) is 4.79 Å². The molecule has 0 saturated carbocycles. The maximum Gasteiger partial charge on any atom is 0.251 e. The van der Waals surface area contributed by atoms with Gasteiger partial charge >= 0.3 is 0 Å². The fourth-order valence-electron chi connectivity index (χ4n) is 1.54. The summed E-state index contributed by atoms with van der Waals surface area (Å²) < 4.78 is 1.70. The maximum absolute atomic E-state index is 11.3. The Labute approximate surface area is 86.8 Å². The third kappa shape index (κ3) is 1.81. The standard InChI is InChI=1S/C10H12N4O/c1-6-4-9(15)12-10(11-6)8-5-14(3)13-7(8)2/h4-5H,1-3H3,(H,11,12,15). The molecule has 2 heterocycles. The van der Waals surface area contributed by atoms with Crippen LogP contribution in [0.3, 0.4) is 0 Å². The van der Waals surface area contributed by atoms with Crippen LogP contribution in [0.4, 0.5) is 0 Å². The lowest BCUT2D eigenvalue weighted by molar-refractivity contribution is 0.756. The highest BCUT2D eigenvalue weighted by atomic mass is 16.1. The molecule has 0 saturated heterocycles. The van der Waals surface area contributed by atoms with Crippen molar-refractivity contribution >= 4 is 0 Å². The molecule has 2 aromatic rings. The smallest absolute Gasteiger partial charge is 0.251 e. The van der Waals surface area contributed by atoms with Crippen molar-refractivity contribution in [1.29, 1.82) is 0 Å². The zero-order valence-corrected chi connectivity index (χ0v) is 8.90. The van der Waals surface area contributed by atoms with Gasteiger partial charge in [0, 0.05) is 25.0 Å². The lowest BCUT2D eigenvalue weighted by atomic mass is 10.2. The maximum atomic E-state index is 11.3. The van der Waals surface area contributed by atoms with Gasteiger partial charge in [-0.2, -0.15) is 5.10 Å². The summed E-state index contributed by atoms with van der Waals surface area (Å²) in [5.74, 6) is 0.575. The number of aromatic nitrogens is 4. The third-order valence-electron chi connectivity index (χ3n) is 2.14. The molecule has 0 amide bonds. The minimum Gasteiger partial charge on any atom is -0.306 e. The summed E-state index contributed by atoms with van der Waals surface area (Å²) in [6, 6.07) is 1.47. The van der Waals surface area contributed by atoms with Crippen molar-refractivity contribution in [3.8, 4) is 11.4 Å². The first-order valence-corrected chi connectivity index (χ1v) is 4.65. The fraction of sp³-hybridized carbons (Fsp3) is 0.300. The van der Waals surface area contributed by atoms with Crippen LogP contribution >= 0.6 is 0 Å². The van der Waals surface area contributed by atoms with Crippen LogP contribution in [0.25, 0.3) is 11.4 Å². The fourth-order valence-corrected chi connectivity index (χ4v) is 1.54. The van der Waals surface area contributed by atoms with Crippen LogP contribution in [0.1, 0.15) is 11.4 Å². The van der Waals surface area contributed by atoms with E-state index in [0.717, 1.165) is 11.3 Å². The number of rotatable bonds is 1. The van der Waals surface area contributed by atoms with E-state index in [-0.39, 0.29) is 5.56 Å². The van der Waals surface area contributed by atoms with Crippen molar-refractivity contribution in [3.05, 3.63) is 34.0 Å². The molecule has 5 heteroatoms. The van der Waals surface area contributed by atoms with E-state index in [4.69, 9.17) is 0 Å². The normalized spacial score (nSPS) is 10.6. The summed E-state index contributed by atoms with van der Waals surface area (Å²) in [4.78, 5) is 18.2. The van der Waals surface area contributed by atoms with Gasteiger partial charge in [0.15, 0.2) is 0 Å². The van der Waals surface area contributed by atoms with E-state index in [2.05, 4.69) is 15.1 Å². The summed E-state index contributed by atoms with van der Waals surface area (Å²) in [7, 11) is 1.84. The predicted octanol–water partition coefficient (Wildman–Crippen LogP) is 0.787. The number of H-pyrrole nitrogens is 1. The molecule has 0 aliphatic carbocycles. The minimum atomic E-state index is -0.138. The number of nitrogens with zero attached hydrogens (tertiary/aromatic N) is 3. The summed E-state index contributed by atoms with van der Waals surface area (Å²) in [5, 5.41) is 4.20. The van der Waals surface area contributed by atoms with Crippen LogP contribution in [-0.2, 0) is 7.05 Å². The van der Waals surface area contributed by atoms with Crippen molar-refractivity contribution in [2.75, 3.05) is 0 Å². The highest BCUT2D eigenvalue weighted by Crippen LogP contribution is 2.16. The Bertz CT molecular complexity index is 553. The first kappa shape index (κ1) is 9.64. The molecule has 0 bridgehead atoms. The Morgan fingerprint density at radius 1 is 1.40 bits per heavy atom. The lowest BCUT2D eigenvalue weighted by Gasteiger charge is -1.98. The number of nitrogens with one attached hydrogen (secondary N) is 1. The molecule has 0 aromatic carbocycles. The van der Waals surface area contributed by atoms with Gasteiger partial charge in [-0.3, -0.25) is 9.48 Å². The number of hydrogen-bond donors (Lipinski definition) is 1. The minimum absolute atomic E-state index is 0.138. The molecule has 0 unspecified atom stereocenters. The van der Waals surface area contributed by atoms with Crippen molar-refractivity contribution in [2.45, 2.75) is 13.8 Å². The van der Waals surface area contributed by atoms with Crippen molar-refractivity contribution in [3.63, 3.8) is 0 Å². The quantitative estimate of drug-likeness (QED) is 0.746. The van der Waals surface area contributed by atoms with Crippen LogP contribution < -0.4 is 5.56 Å². The van der Waals surface area contributed by atoms with Crippen molar-refractivity contribution in [2.24, 2.45) is 7.05 Å². The second-order valence-electron chi connectivity index (χ2n) is 3.54. The average molecular weight is 204 g/mol. The molecule has 78 valence electrons. The Hall–Kier alpha value is -1.91. The molecule has 1 N–H and O–H groups in total. The summed E-state index contributed by atoms with van der Waals surface area (Å²) >= 11 is 0. The van der Waals surface area contributed by atoms with Crippen LogP contribution in [0, 0.1) is 13.8 Å². The van der Waals surface area contributed by atoms with Crippen LogP contribution in [0.2, 0.25) is 0 Å². The molecule has 5 nitrogen and oxygen atoms in total. The zero-order chi connectivity index (χ0) is 11.0. The van der Waals surface area contributed by atoms with Crippen molar-refractivity contribution < 1.29 is 0 Å². The van der Waals surface area contributed by atoms with Crippen LogP contribution in [0.5, 0.6) is 0 Å². The van der Waals surface area contributed by atoms with E-state index >= 15 is 0 Å². The number of aryl methyl sites for hydroxylation is 3. The highest BCUT2D eigenvalue weighted by Gasteiger charge is 2.08. The van der Waals surface area contributed by atoms with Gasteiger partial charge in [0.2, 0.25) is 0 Å². The first-order valence-electron chi connectivity index (χ1n) is 4.65. The summed E-state index contributed by atoms with van der Waals surface area (Å²) in [6.07, 6.45) is 1.84. The third-order valence-corrected chi connectivity index (χ3v) is 2.14. The van der Waals surface area contributed by atoms with E-state index in [0.29, 0.717) is 11.5 Å². The molecule has 0 fully saturated rings. The topological polar surface area (TPSA) is 63.6 Å². The van der Waals surface area contributed by atoms with Gasteiger partial charge in [-0.05, 0) is 13.8 Å². The lowest BCUT2D eigenvalue weighted by Crippen LogP contribution is -2.08. The molecule has 2 rings (SSSR count). The molecule has 15 heavy (non-hydrogen) atoms. The number of aromatic amines is 1. The monoisotopic (exact) mass is 204 g/mol. The van der Waals surface area contributed by atoms with Gasteiger partial charge < -0.3 is 4.98 Å². The molecule has 2 aromatic heterocycles. The molecule has 0 aliphatic heterocycles. The van der Waals surface area contributed by atoms with Gasteiger partial charge in [0.05, 0.1) is 11.3 Å². The van der Waals surface area contributed by atoms with E-state index in [1.165, 1.54) is 6.07 Å². The second kappa shape index (κ2) is 3.34. The molecule has 0 aliphatic rings. The van der Waals surface area contributed by atoms with Crippen LogP contribution in [-0.4, -0.2) is 19.7 Å². The molecule has 0 spiro atoms. The molecule has 0 atom stereocenters. The number of hydrogen-bond acceptors (Lipinski definition) is 3. The van der Waals surface area contributed by atoms with Gasteiger partial charge in [-0.1, -0.05) is 0 Å².